The Labute approximate surface area is 110 Å². The molecule has 1 aromatic carbocycles. The predicted molar refractivity (Wildman–Crippen MR) is 72.4 cm³/mol. The van der Waals surface area contributed by atoms with Gasteiger partial charge in [-0.15, -0.1) is 0 Å². The van der Waals surface area contributed by atoms with E-state index in [1.807, 2.05) is 18.2 Å². The van der Waals surface area contributed by atoms with Gasteiger partial charge in [0.05, 0.1) is 4.47 Å². The number of hydrogen-bond donors (Lipinski definition) is 1. The van der Waals surface area contributed by atoms with Gasteiger partial charge in [0, 0.05) is 17.6 Å². The number of ether oxygens (including phenoxy) is 1. The molecule has 1 rings (SSSR count). The molecule has 4 heteroatoms. The van der Waals surface area contributed by atoms with Crippen LogP contribution in [-0.2, 0) is 0 Å². The highest BCUT2D eigenvalue weighted by atomic mass is 79.9. The van der Waals surface area contributed by atoms with Gasteiger partial charge in [-0.3, -0.25) is 0 Å². The third kappa shape index (κ3) is 4.73. The van der Waals surface area contributed by atoms with Crippen LogP contribution in [0.5, 0.6) is 5.75 Å². The molecule has 0 aliphatic carbocycles. The number of nitrogens with one attached hydrogen (secondary N) is 1. The molecule has 0 saturated heterocycles. The lowest BCUT2D eigenvalue weighted by Gasteiger charge is -2.12. The number of halogens is 2. The molecule has 1 N–H and O–H groups in total. The Morgan fingerprint density at radius 3 is 2.88 bits per heavy atom. The lowest BCUT2D eigenvalue weighted by Crippen LogP contribution is -2.29. The van der Waals surface area contributed by atoms with Crippen LogP contribution in [0.25, 0.3) is 0 Å². The Bertz CT molecular complexity index is 333. The molecule has 0 saturated carbocycles. The highest BCUT2D eigenvalue weighted by Crippen LogP contribution is 2.27. The first-order valence-corrected chi connectivity index (χ1v) is 6.61. The van der Waals surface area contributed by atoms with Crippen molar-refractivity contribution < 1.29 is 4.74 Å². The molecule has 0 aliphatic heterocycles. The number of rotatable bonds is 6. The van der Waals surface area contributed by atoms with Crippen LogP contribution in [0.15, 0.2) is 22.7 Å². The van der Waals surface area contributed by atoms with E-state index in [-0.39, 0.29) is 0 Å². The standard InChI is InChI=1S/C12H17BrClNO/c1-3-9(2)15-6-7-16-12-5-4-10(14)8-11(12)13/h4-5,8-9,15H,3,6-7H2,1-2H3/t9-/m0/s1. The minimum absolute atomic E-state index is 0.539. The summed E-state index contributed by atoms with van der Waals surface area (Å²) in [5.41, 5.74) is 0. The van der Waals surface area contributed by atoms with Crippen molar-refractivity contribution in [2.75, 3.05) is 13.2 Å². The van der Waals surface area contributed by atoms with Crippen LogP contribution in [0.1, 0.15) is 20.3 Å². The molecule has 90 valence electrons. The van der Waals surface area contributed by atoms with E-state index in [0.717, 1.165) is 23.2 Å². The minimum atomic E-state index is 0.539. The first kappa shape index (κ1) is 13.8. The second-order valence-corrected chi connectivity index (χ2v) is 4.98. The fraction of sp³-hybridized carbons (Fsp3) is 0.500. The molecular weight excluding hydrogens is 289 g/mol. The topological polar surface area (TPSA) is 21.3 Å². The second kappa shape index (κ2) is 7.15. The lowest BCUT2D eigenvalue weighted by molar-refractivity contribution is 0.304. The zero-order valence-electron chi connectivity index (χ0n) is 9.59. The van der Waals surface area contributed by atoms with Gasteiger partial charge in [-0.05, 0) is 47.5 Å². The van der Waals surface area contributed by atoms with Gasteiger partial charge in [-0.1, -0.05) is 18.5 Å². The van der Waals surface area contributed by atoms with Crippen molar-refractivity contribution in [1.82, 2.24) is 5.32 Å². The maximum Gasteiger partial charge on any atom is 0.133 e. The summed E-state index contributed by atoms with van der Waals surface area (Å²) in [6, 6.07) is 6.07. The van der Waals surface area contributed by atoms with Crippen molar-refractivity contribution >= 4 is 27.5 Å². The van der Waals surface area contributed by atoms with Crippen LogP contribution < -0.4 is 10.1 Å². The van der Waals surface area contributed by atoms with Crippen molar-refractivity contribution in [3.05, 3.63) is 27.7 Å². The SMILES string of the molecule is CC[C@H](C)NCCOc1ccc(Cl)cc1Br. The van der Waals surface area contributed by atoms with Gasteiger partial charge in [0.1, 0.15) is 12.4 Å². The van der Waals surface area contributed by atoms with Gasteiger partial charge in [0.25, 0.3) is 0 Å². The van der Waals surface area contributed by atoms with E-state index in [0.29, 0.717) is 17.7 Å². The predicted octanol–water partition coefficient (Wildman–Crippen LogP) is 3.87. The number of benzene rings is 1. The molecular formula is C12H17BrClNO. The normalized spacial score (nSPS) is 12.5. The average Bonchev–Trinajstić information content (AvgIpc) is 2.26. The van der Waals surface area contributed by atoms with Crippen LogP contribution in [0.2, 0.25) is 5.02 Å². The molecule has 0 aromatic heterocycles. The van der Waals surface area contributed by atoms with Crippen molar-refractivity contribution in [3.8, 4) is 5.75 Å². The van der Waals surface area contributed by atoms with Gasteiger partial charge < -0.3 is 10.1 Å². The summed E-state index contributed by atoms with van der Waals surface area (Å²) in [6.07, 6.45) is 1.13. The second-order valence-electron chi connectivity index (χ2n) is 3.69. The molecule has 16 heavy (non-hydrogen) atoms. The molecule has 2 nitrogen and oxygen atoms in total. The van der Waals surface area contributed by atoms with E-state index in [2.05, 4.69) is 35.1 Å². The summed E-state index contributed by atoms with van der Waals surface area (Å²) in [5, 5.41) is 4.07. The first-order valence-electron chi connectivity index (χ1n) is 5.44. The molecule has 0 bridgehead atoms. The number of hydrogen-bond acceptors (Lipinski definition) is 2. The van der Waals surface area contributed by atoms with Crippen LogP contribution in [-0.4, -0.2) is 19.2 Å². The van der Waals surface area contributed by atoms with Gasteiger partial charge in [-0.2, -0.15) is 0 Å². The summed E-state index contributed by atoms with van der Waals surface area (Å²) in [4.78, 5) is 0. The zero-order valence-corrected chi connectivity index (χ0v) is 11.9. The van der Waals surface area contributed by atoms with Gasteiger partial charge in [-0.25, -0.2) is 0 Å². The van der Waals surface area contributed by atoms with E-state index < -0.39 is 0 Å². The maximum absolute atomic E-state index is 5.84. The van der Waals surface area contributed by atoms with Crippen LogP contribution in [0.4, 0.5) is 0 Å². The largest absolute Gasteiger partial charge is 0.491 e. The molecule has 0 radical (unpaired) electrons. The first-order chi connectivity index (χ1) is 7.63. The fourth-order valence-corrected chi connectivity index (χ4v) is 2.00. The molecule has 0 unspecified atom stereocenters. The zero-order chi connectivity index (χ0) is 12.0. The Kier molecular flexibility index (Phi) is 6.17. The van der Waals surface area contributed by atoms with E-state index in [1.165, 1.54) is 0 Å². The third-order valence-electron chi connectivity index (χ3n) is 2.36. The summed E-state index contributed by atoms with van der Waals surface area (Å²) >= 11 is 9.25. The quantitative estimate of drug-likeness (QED) is 0.806. The molecule has 0 spiro atoms. The van der Waals surface area contributed by atoms with Crippen LogP contribution in [0.3, 0.4) is 0 Å². The monoisotopic (exact) mass is 305 g/mol. The lowest BCUT2D eigenvalue weighted by atomic mass is 10.3. The van der Waals surface area contributed by atoms with Crippen LogP contribution >= 0.6 is 27.5 Å². The molecule has 0 amide bonds. The third-order valence-corrected chi connectivity index (χ3v) is 3.21. The van der Waals surface area contributed by atoms with Gasteiger partial charge in [0.2, 0.25) is 0 Å². The summed E-state index contributed by atoms with van der Waals surface area (Å²) in [5.74, 6) is 0.829. The van der Waals surface area contributed by atoms with E-state index in [4.69, 9.17) is 16.3 Å². The molecule has 1 aromatic rings. The highest BCUT2D eigenvalue weighted by Gasteiger charge is 2.02. The van der Waals surface area contributed by atoms with Crippen molar-refractivity contribution in [3.63, 3.8) is 0 Å². The minimum Gasteiger partial charge on any atom is -0.491 e. The Hall–Kier alpha value is -0.250. The Morgan fingerprint density at radius 1 is 1.50 bits per heavy atom. The van der Waals surface area contributed by atoms with Crippen molar-refractivity contribution in [1.29, 1.82) is 0 Å². The van der Waals surface area contributed by atoms with Gasteiger partial charge >= 0.3 is 0 Å². The van der Waals surface area contributed by atoms with Crippen LogP contribution in [0, 0.1) is 0 Å². The molecule has 1 atom stereocenters. The molecule has 0 fully saturated rings. The van der Waals surface area contributed by atoms with E-state index >= 15 is 0 Å². The molecule has 0 heterocycles. The Morgan fingerprint density at radius 2 is 2.25 bits per heavy atom. The average molecular weight is 307 g/mol. The summed E-state index contributed by atoms with van der Waals surface area (Å²) in [6.45, 7) is 5.83. The van der Waals surface area contributed by atoms with E-state index in [9.17, 15) is 0 Å². The van der Waals surface area contributed by atoms with E-state index in [1.54, 1.807) is 0 Å². The van der Waals surface area contributed by atoms with Gasteiger partial charge in [0.15, 0.2) is 0 Å². The molecule has 0 aliphatic rings. The summed E-state index contributed by atoms with van der Waals surface area (Å²) in [7, 11) is 0. The maximum atomic E-state index is 5.84. The Balaban J connectivity index is 2.32. The smallest absolute Gasteiger partial charge is 0.133 e. The summed E-state index contributed by atoms with van der Waals surface area (Å²) < 4.78 is 6.51. The fourth-order valence-electron chi connectivity index (χ4n) is 1.20. The van der Waals surface area contributed by atoms with Crippen molar-refractivity contribution in [2.24, 2.45) is 0 Å². The highest BCUT2D eigenvalue weighted by molar-refractivity contribution is 9.10. The van der Waals surface area contributed by atoms with Crippen molar-refractivity contribution in [2.45, 2.75) is 26.3 Å².